The second-order valence-electron chi connectivity index (χ2n) is 4.09. The van der Waals surface area contributed by atoms with Crippen LogP contribution < -0.4 is 11.1 Å². The molecule has 1 atom stereocenters. The zero-order valence-electron chi connectivity index (χ0n) is 9.58. The van der Waals surface area contributed by atoms with Crippen LogP contribution in [-0.2, 0) is 11.4 Å². The Labute approximate surface area is 102 Å². The van der Waals surface area contributed by atoms with Crippen molar-refractivity contribution in [1.29, 1.82) is 0 Å². The maximum absolute atomic E-state index is 12.7. The highest BCUT2D eigenvalue weighted by Crippen LogP contribution is 2.34. The van der Waals surface area contributed by atoms with Crippen LogP contribution >= 0.6 is 0 Å². The lowest BCUT2D eigenvalue weighted by atomic mass is 10.1. The van der Waals surface area contributed by atoms with Crippen LogP contribution in [0.2, 0.25) is 0 Å². The van der Waals surface area contributed by atoms with Gasteiger partial charge in [0.1, 0.15) is 0 Å². The van der Waals surface area contributed by atoms with Gasteiger partial charge in [0, 0.05) is 19.0 Å². The van der Waals surface area contributed by atoms with Gasteiger partial charge in [-0.3, -0.25) is 0 Å². The van der Waals surface area contributed by atoms with Gasteiger partial charge in [-0.2, -0.15) is 13.2 Å². The third-order valence-corrected chi connectivity index (χ3v) is 2.68. The third-order valence-electron chi connectivity index (χ3n) is 2.68. The van der Waals surface area contributed by atoms with Crippen LogP contribution in [0.3, 0.4) is 0 Å². The highest BCUT2D eigenvalue weighted by Gasteiger charge is 2.57. The Hall–Kier alpha value is -1.76. The van der Waals surface area contributed by atoms with Crippen molar-refractivity contribution in [2.45, 2.75) is 25.4 Å². The lowest BCUT2D eigenvalue weighted by Gasteiger charge is -2.25. The van der Waals surface area contributed by atoms with Crippen molar-refractivity contribution in [2.75, 3.05) is 0 Å². The molecule has 1 aromatic rings. The number of hydrogen-bond acceptors (Lipinski definition) is 4. The monoisotopic (exact) mass is 259 g/mol. The van der Waals surface area contributed by atoms with Crippen LogP contribution in [0.25, 0.3) is 0 Å². The molecule has 0 spiro atoms. The van der Waals surface area contributed by atoms with Crippen LogP contribution in [0.1, 0.15) is 18.1 Å². The molecule has 0 aromatic heterocycles. The standard InChI is InChI=1S/C11H12F3N3O/c1-10(11(12,13)14)16-9(17-18-10)8-4-2-7(6-15)3-5-8/h2-5H,6,15H2,1H3,(H,16,17). The van der Waals surface area contributed by atoms with Crippen LogP contribution in [-0.4, -0.2) is 17.7 Å². The molecule has 3 N–H and O–H groups in total. The SMILES string of the molecule is CC1(C(F)(F)F)NC(c2ccc(CN)cc2)=NO1. The molecule has 1 aliphatic rings. The predicted molar refractivity (Wildman–Crippen MR) is 59.6 cm³/mol. The van der Waals surface area contributed by atoms with Crippen molar-refractivity contribution in [3.8, 4) is 0 Å². The van der Waals surface area contributed by atoms with E-state index in [0.717, 1.165) is 12.5 Å². The van der Waals surface area contributed by atoms with E-state index in [1.54, 1.807) is 24.3 Å². The second kappa shape index (κ2) is 4.16. The Bertz CT molecular complexity index is 469. The molecule has 1 aliphatic heterocycles. The van der Waals surface area contributed by atoms with Gasteiger partial charge in [0.2, 0.25) is 0 Å². The average molecular weight is 259 g/mol. The fourth-order valence-electron chi connectivity index (χ4n) is 1.45. The van der Waals surface area contributed by atoms with Crippen LogP contribution in [0, 0.1) is 0 Å². The molecule has 0 bridgehead atoms. The summed E-state index contributed by atoms with van der Waals surface area (Å²) in [5, 5.41) is 5.67. The highest BCUT2D eigenvalue weighted by atomic mass is 19.4. The van der Waals surface area contributed by atoms with E-state index in [1.807, 2.05) is 0 Å². The van der Waals surface area contributed by atoms with E-state index in [0.29, 0.717) is 12.1 Å². The van der Waals surface area contributed by atoms with Gasteiger partial charge in [0.05, 0.1) is 0 Å². The zero-order valence-corrected chi connectivity index (χ0v) is 9.58. The molecule has 1 heterocycles. The number of oxime groups is 1. The molecule has 7 heteroatoms. The molecular weight excluding hydrogens is 247 g/mol. The average Bonchev–Trinajstić information content (AvgIpc) is 2.73. The van der Waals surface area contributed by atoms with Gasteiger partial charge >= 0.3 is 11.9 Å². The van der Waals surface area contributed by atoms with E-state index in [2.05, 4.69) is 15.3 Å². The molecule has 1 unspecified atom stereocenters. The van der Waals surface area contributed by atoms with Gasteiger partial charge in [0.15, 0.2) is 5.84 Å². The fraction of sp³-hybridized carbons (Fsp3) is 0.364. The van der Waals surface area contributed by atoms with Crippen LogP contribution in [0.5, 0.6) is 0 Å². The molecule has 18 heavy (non-hydrogen) atoms. The van der Waals surface area contributed by atoms with Crippen molar-refractivity contribution in [2.24, 2.45) is 10.9 Å². The molecule has 0 amide bonds. The topological polar surface area (TPSA) is 59.6 Å². The molecule has 0 fully saturated rings. The summed E-state index contributed by atoms with van der Waals surface area (Å²) in [4.78, 5) is 4.46. The number of benzene rings is 1. The first-order valence-corrected chi connectivity index (χ1v) is 5.26. The lowest BCUT2D eigenvalue weighted by Crippen LogP contribution is -2.54. The predicted octanol–water partition coefficient (Wildman–Crippen LogP) is 1.71. The van der Waals surface area contributed by atoms with Gasteiger partial charge in [-0.05, 0) is 5.56 Å². The summed E-state index contributed by atoms with van der Waals surface area (Å²) in [6.07, 6.45) is -4.55. The second-order valence-corrected chi connectivity index (χ2v) is 4.09. The van der Waals surface area contributed by atoms with Gasteiger partial charge < -0.3 is 15.9 Å². The Morgan fingerprint density at radius 2 is 1.94 bits per heavy atom. The first-order chi connectivity index (χ1) is 8.36. The molecule has 4 nitrogen and oxygen atoms in total. The Kier molecular flexibility index (Phi) is 2.94. The van der Waals surface area contributed by atoms with E-state index in [4.69, 9.17) is 5.73 Å². The van der Waals surface area contributed by atoms with Gasteiger partial charge in [-0.15, -0.1) is 0 Å². The van der Waals surface area contributed by atoms with Crippen molar-refractivity contribution >= 4 is 5.84 Å². The summed E-state index contributed by atoms with van der Waals surface area (Å²) in [5.74, 6) is 0.0541. The van der Waals surface area contributed by atoms with Gasteiger partial charge in [-0.25, -0.2) is 0 Å². The Morgan fingerprint density at radius 1 is 1.33 bits per heavy atom. The first kappa shape index (κ1) is 12.7. The minimum Gasteiger partial charge on any atom is -0.356 e. The van der Waals surface area contributed by atoms with Crippen molar-refractivity contribution < 1.29 is 18.0 Å². The minimum absolute atomic E-state index is 0.0541. The van der Waals surface area contributed by atoms with E-state index in [9.17, 15) is 13.2 Å². The molecular formula is C11H12F3N3O. The van der Waals surface area contributed by atoms with Gasteiger partial charge in [-0.1, -0.05) is 29.4 Å². The number of nitrogens with one attached hydrogen (secondary N) is 1. The molecule has 2 rings (SSSR count). The van der Waals surface area contributed by atoms with E-state index < -0.39 is 11.9 Å². The number of hydrogen-bond donors (Lipinski definition) is 2. The third kappa shape index (κ3) is 2.13. The summed E-state index contributed by atoms with van der Waals surface area (Å²) in [5.41, 5.74) is 4.36. The molecule has 0 aliphatic carbocycles. The van der Waals surface area contributed by atoms with E-state index in [1.165, 1.54) is 0 Å². The highest BCUT2D eigenvalue weighted by molar-refractivity contribution is 5.99. The van der Waals surface area contributed by atoms with E-state index >= 15 is 0 Å². The quantitative estimate of drug-likeness (QED) is 0.850. The summed E-state index contributed by atoms with van der Waals surface area (Å²) >= 11 is 0. The molecule has 0 saturated carbocycles. The van der Waals surface area contributed by atoms with Crippen molar-refractivity contribution in [3.05, 3.63) is 35.4 Å². The number of amidine groups is 1. The minimum atomic E-state index is -4.55. The lowest BCUT2D eigenvalue weighted by molar-refractivity contribution is -0.269. The maximum atomic E-state index is 12.7. The summed E-state index contributed by atoms with van der Waals surface area (Å²) in [7, 11) is 0. The zero-order chi connectivity index (χ0) is 13.4. The number of nitrogens with two attached hydrogens (primary N) is 1. The number of alkyl halides is 3. The summed E-state index contributed by atoms with van der Waals surface area (Å²) < 4.78 is 38.0. The summed E-state index contributed by atoms with van der Waals surface area (Å²) in [6.45, 7) is 1.26. The molecule has 1 aromatic carbocycles. The maximum Gasteiger partial charge on any atom is 0.450 e. The largest absolute Gasteiger partial charge is 0.450 e. The first-order valence-electron chi connectivity index (χ1n) is 5.26. The Morgan fingerprint density at radius 3 is 2.39 bits per heavy atom. The van der Waals surface area contributed by atoms with Crippen molar-refractivity contribution in [1.82, 2.24) is 5.32 Å². The van der Waals surface area contributed by atoms with Gasteiger partial charge in [0.25, 0.3) is 0 Å². The fourth-order valence-corrected chi connectivity index (χ4v) is 1.45. The molecule has 0 saturated heterocycles. The Balaban J connectivity index is 2.17. The van der Waals surface area contributed by atoms with E-state index in [-0.39, 0.29) is 5.84 Å². The van der Waals surface area contributed by atoms with Crippen LogP contribution in [0.4, 0.5) is 13.2 Å². The van der Waals surface area contributed by atoms with Crippen molar-refractivity contribution in [3.63, 3.8) is 0 Å². The number of rotatable bonds is 2. The number of halogens is 3. The molecule has 0 radical (unpaired) electrons. The van der Waals surface area contributed by atoms with Crippen LogP contribution in [0.15, 0.2) is 29.4 Å². The molecule has 98 valence electrons. The normalized spacial score (nSPS) is 23.3. The summed E-state index contributed by atoms with van der Waals surface area (Å²) in [6, 6.07) is 6.73. The number of nitrogens with zero attached hydrogens (tertiary/aromatic N) is 1. The smallest absolute Gasteiger partial charge is 0.356 e.